The van der Waals surface area contributed by atoms with Crippen LogP contribution in [0.15, 0.2) is 29.2 Å². The molecule has 1 aromatic rings. The molecule has 6 nitrogen and oxygen atoms in total. The summed E-state index contributed by atoms with van der Waals surface area (Å²) < 4.78 is 51.9. The summed E-state index contributed by atoms with van der Waals surface area (Å²) in [5, 5.41) is 0. The Morgan fingerprint density at radius 2 is 1.67 bits per heavy atom. The summed E-state index contributed by atoms with van der Waals surface area (Å²) in [6, 6.07) is 5.54. The summed E-state index contributed by atoms with van der Waals surface area (Å²) in [7, 11) is -3.58. The van der Waals surface area contributed by atoms with Gasteiger partial charge in [0.1, 0.15) is 5.82 Å². The van der Waals surface area contributed by atoms with Crippen LogP contribution < -0.4 is 0 Å². The highest BCUT2D eigenvalue weighted by Gasteiger charge is 2.44. The second-order valence-corrected chi connectivity index (χ2v) is 9.62. The first-order valence-corrected chi connectivity index (χ1v) is 11.1. The Morgan fingerprint density at radius 1 is 1.00 bits per heavy atom. The molecule has 27 heavy (non-hydrogen) atoms. The fourth-order valence-corrected chi connectivity index (χ4v) is 5.94. The third-order valence-corrected chi connectivity index (χ3v) is 8.03. The lowest BCUT2D eigenvalue weighted by Gasteiger charge is -2.48. The molecule has 4 rings (SSSR count). The zero-order chi connectivity index (χ0) is 18.9. The third-order valence-electron chi connectivity index (χ3n) is 6.11. The van der Waals surface area contributed by atoms with Crippen LogP contribution in [0.3, 0.4) is 0 Å². The fourth-order valence-electron chi connectivity index (χ4n) is 4.49. The van der Waals surface area contributed by atoms with Crippen molar-refractivity contribution < 1.29 is 22.3 Å². The maximum absolute atomic E-state index is 13.1. The maximum Gasteiger partial charge on any atom is 0.243 e. The van der Waals surface area contributed by atoms with E-state index in [2.05, 4.69) is 4.90 Å². The second-order valence-electron chi connectivity index (χ2n) is 7.68. The van der Waals surface area contributed by atoms with Crippen molar-refractivity contribution in [2.45, 2.75) is 42.2 Å². The van der Waals surface area contributed by atoms with Gasteiger partial charge in [-0.15, -0.1) is 0 Å². The van der Waals surface area contributed by atoms with E-state index in [9.17, 15) is 12.8 Å². The standard InChI is InChI=1S/C19H27FN2O4S/c20-16-1-3-18(4-2-16)27(23,24)22-8-6-19(7-9-22)15-17(5-12-26-19)21-10-13-25-14-11-21/h1-4,17H,5-15H2. The summed E-state index contributed by atoms with van der Waals surface area (Å²) in [6.07, 6.45) is 3.39. The maximum atomic E-state index is 13.1. The zero-order valence-electron chi connectivity index (χ0n) is 15.5. The van der Waals surface area contributed by atoms with Crippen LogP contribution in [-0.2, 0) is 19.5 Å². The van der Waals surface area contributed by atoms with Gasteiger partial charge in [-0.05, 0) is 49.9 Å². The van der Waals surface area contributed by atoms with E-state index in [4.69, 9.17) is 9.47 Å². The topological polar surface area (TPSA) is 59.1 Å². The lowest BCUT2D eigenvalue weighted by molar-refractivity contribution is -0.133. The molecule has 0 radical (unpaired) electrons. The molecule has 1 spiro atoms. The quantitative estimate of drug-likeness (QED) is 0.778. The monoisotopic (exact) mass is 398 g/mol. The van der Waals surface area contributed by atoms with Crippen LogP contribution in [0.25, 0.3) is 0 Å². The average molecular weight is 399 g/mol. The molecule has 0 amide bonds. The molecule has 3 saturated heterocycles. The summed E-state index contributed by atoms with van der Waals surface area (Å²) in [4.78, 5) is 2.64. The molecule has 1 atom stereocenters. The molecule has 0 aromatic heterocycles. The van der Waals surface area contributed by atoms with Gasteiger partial charge >= 0.3 is 0 Å². The van der Waals surface area contributed by atoms with Gasteiger partial charge in [0, 0.05) is 38.8 Å². The van der Waals surface area contributed by atoms with E-state index in [1.807, 2.05) is 0 Å². The van der Waals surface area contributed by atoms with Crippen molar-refractivity contribution in [3.8, 4) is 0 Å². The van der Waals surface area contributed by atoms with Crippen molar-refractivity contribution in [3.05, 3.63) is 30.1 Å². The molecular weight excluding hydrogens is 371 g/mol. The van der Waals surface area contributed by atoms with Gasteiger partial charge in [0.15, 0.2) is 0 Å². The van der Waals surface area contributed by atoms with E-state index in [1.54, 1.807) is 0 Å². The first-order valence-electron chi connectivity index (χ1n) is 9.70. The van der Waals surface area contributed by atoms with Gasteiger partial charge in [0.05, 0.1) is 23.7 Å². The molecule has 3 aliphatic heterocycles. The van der Waals surface area contributed by atoms with Crippen molar-refractivity contribution >= 4 is 10.0 Å². The summed E-state index contributed by atoms with van der Waals surface area (Å²) >= 11 is 0. The second kappa shape index (κ2) is 7.75. The normalized spacial score (nSPS) is 27.7. The Balaban J connectivity index is 1.41. The largest absolute Gasteiger partial charge is 0.379 e. The highest BCUT2D eigenvalue weighted by molar-refractivity contribution is 7.89. The van der Waals surface area contributed by atoms with Gasteiger partial charge in [0.2, 0.25) is 10.0 Å². The minimum Gasteiger partial charge on any atom is -0.379 e. The van der Waals surface area contributed by atoms with Crippen LogP contribution in [0.1, 0.15) is 25.7 Å². The highest BCUT2D eigenvalue weighted by Crippen LogP contribution is 2.38. The number of sulfonamides is 1. The molecule has 0 saturated carbocycles. The summed E-state index contributed by atoms with van der Waals surface area (Å²) in [6.45, 7) is 5.11. The third kappa shape index (κ3) is 4.05. The minimum atomic E-state index is -3.58. The predicted molar refractivity (Wildman–Crippen MR) is 98.5 cm³/mol. The van der Waals surface area contributed by atoms with Crippen LogP contribution >= 0.6 is 0 Å². The Hall–Kier alpha value is -1.06. The molecule has 3 aliphatic rings. The Morgan fingerprint density at radius 3 is 2.33 bits per heavy atom. The van der Waals surface area contributed by atoms with Gasteiger partial charge in [-0.25, -0.2) is 12.8 Å². The molecular formula is C19H27FN2O4S. The molecule has 3 fully saturated rings. The van der Waals surface area contributed by atoms with Crippen molar-refractivity contribution in [2.75, 3.05) is 46.0 Å². The van der Waals surface area contributed by atoms with Gasteiger partial charge < -0.3 is 9.47 Å². The number of benzene rings is 1. The van der Waals surface area contributed by atoms with Crippen LogP contribution in [0.2, 0.25) is 0 Å². The molecule has 1 aromatic carbocycles. The number of morpholine rings is 1. The number of halogens is 1. The molecule has 0 N–H and O–H groups in total. The summed E-state index contributed by atoms with van der Waals surface area (Å²) in [5.41, 5.74) is -0.226. The molecule has 0 aliphatic carbocycles. The number of nitrogens with zero attached hydrogens (tertiary/aromatic N) is 2. The van der Waals surface area contributed by atoms with Crippen LogP contribution in [0.4, 0.5) is 4.39 Å². The van der Waals surface area contributed by atoms with E-state index in [0.29, 0.717) is 32.0 Å². The Labute approximate surface area is 160 Å². The van der Waals surface area contributed by atoms with E-state index in [0.717, 1.165) is 45.8 Å². The van der Waals surface area contributed by atoms with E-state index >= 15 is 0 Å². The van der Waals surface area contributed by atoms with Crippen molar-refractivity contribution in [1.29, 1.82) is 0 Å². The molecule has 3 heterocycles. The lowest BCUT2D eigenvalue weighted by Crippen LogP contribution is -2.55. The van der Waals surface area contributed by atoms with Crippen molar-refractivity contribution in [3.63, 3.8) is 0 Å². The Bertz CT molecular complexity index is 741. The van der Waals surface area contributed by atoms with Crippen molar-refractivity contribution in [2.24, 2.45) is 0 Å². The molecule has 0 bridgehead atoms. The van der Waals surface area contributed by atoms with Crippen LogP contribution in [0.5, 0.6) is 0 Å². The smallest absolute Gasteiger partial charge is 0.243 e. The zero-order valence-corrected chi connectivity index (χ0v) is 16.3. The first-order chi connectivity index (χ1) is 13.0. The van der Waals surface area contributed by atoms with Crippen LogP contribution in [0, 0.1) is 5.82 Å². The number of hydrogen-bond acceptors (Lipinski definition) is 5. The first kappa shape index (κ1) is 19.3. The molecule has 1 unspecified atom stereocenters. The number of hydrogen-bond donors (Lipinski definition) is 0. The van der Waals surface area contributed by atoms with E-state index in [1.165, 1.54) is 28.6 Å². The Kier molecular flexibility index (Phi) is 5.53. The van der Waals surface area contributed by atoms with Crippen LogP contribution in [-0.4, -0.2) is 75.3 Å². The number of piperidine rings is 1. The van der Waals surface area contributed by atoms with Gasteiger partial charge in [0.25, 0.3) is 0 Å². The minimum absolute atomic E-state index is 0.149. The number of rotatable bonds is 3. The van der Waals surface area contributed by atoms with Gasteiger partial charge in [-0.1, -0.05) is 0 Å². The van der Waals surface area contributed by atoms with E-state index < -0.39 is 15.8 Å². The predicted octanol–water partition coefficient (Wildman–Crippen LogP) is 1.86. The van der Waals surface area contributed by atoms with Crippen molar-refractivity contribution in [1.82, 2.24) is 9.21 Å². The molecule has 8 heteroatoms. The average Bonchev–Trinajstić information content (AvgIpc) is 2.69. The van der Waals surface area contributed by atoms with E-state index in [-0.39, 0.29) is 10.5 Å². The number of ether oxygens (including phenoxy) is 2. The SMILES string of the molecule is O=S(=O)(c1ccc(F)cc1)N1CCC2(CC1)CC(N1CCOCC1)CCO2. The van der Waals surface area contributed by atoms with Gasteiger partial charge in [-0.2, -0.15) is 4.31 Å². The van der Waals surface area contributed by atoms with Gasteiger partial charge in [-0.3, -0.25) is 4.90 Å². The lowest BCUT2D eigenvalue weighted by atomic mass is 9.82. The molecule has 150 valence electrons. The fraction of sp³-hybridized carbons (Fsp3) is 0.684. The summed E-state index contributed by atoms with van der Waals surface area (Å²) in [5.74, 6) is -0.434. The highest BCUT2D eigenvalue weighted by atomic mass is 32.2.